The van der Waals surface area contributed by atoms with E-state index in [0.717, 1.165) is 16.7 Å². The lowest BCUT2D eigenvalue weighted by molar-refractivity contribution is 0.00706. The molecule has 4 heterocycles. The number of aliphatic hydroxyl groups excluding tert-OH is 2. The number of aliphatic hydroxyl groups is 2. The predicted molar refractivity (Wildman–Crippen MR) is 153 cm³/mol. The van der Waals surface area contributed by atoms with Gasteiger partial charge >= 0.3 is 0 Å². The van der Waals surface area contributed by atoms with Crippen molar-refractivity contribution in [2.75, 3.05) is 39.6 Å². The quantitative estimate of drug-likeness (QED) is 0.183. The van der Waals surface area contributed by atoms with Crippen LogP contribution in [0.4, 0.5) is 0 Å². The minimum Gasteiger partial charge on any atom is -0.456 e. The van der Waals surface area contributed by atoms with Crippen molar-refractivity contribution in [1.82, 2.24) is 19.7 Å². The van der Waals surface area contributed by atoms with Crippen molar-refractivity contribution >= 4 is 32.8 Å². The number of imidazole rings is 1. The zero-order chi connectivity index (χ0) is 29.3. The monoisotopic (exact) mass is 616 g/mol. The van der Waals surface area contributed by atoms with Gasteiger partial charge in [-0.15, -0.1) is 0 Å². The van der Waals surface area contributed by atoms with Gasteiger partial charge in [0.1, 0.15) is 18.3 Å². The molecule has 0 unspecified atom stereocenters. The summed E-state index contributed by atoms with van der Waals surface area (Å²) in [5, 5.41) is 19.1. The average Bonchev–Trinajstić information content (AvgIpc) is 3.69. The number of hydrogen-bond acceptors (Lipinski definition) is 10. The van der Waals surface area contributed by atoms with Gasteiger partial charge in [-0.3, -0.25) is 0 Å². The van der Waals surface area contributed by atoms with Crippen LogP contribution in [0.1, 0.15) is 0 Å². The first kappa shape index (κ1) is 29.0. The number of aromatic nitrogens is 3. The van der Waals surface area contributed by atoms with Gasteiger partial charge in [-0.1, -0.05) is 48.0 Å². The Hall–Kier alpha value is -3.14. The topological polar surface area (TPSA) is 165 Å². The molecule has 6 rings (SSSR count). The molecular formula is C28H29ClN4O8S. The van der Waals surface area contributed by atoms with E-state index >= 15 is 0 Å². The summed E-state index contributed by atoms with van der Waals surface area (Å²) in [7, 11) is -3.68. The van der Waals surface area contributed by atoms with Crippen molar-refractivity contribution in [1.29, 1.82) is 0 Å². The summed E-state index contributed by atoms with van der Waals surface area (Å²) in [6, 6.07) is 16.1. The fraction of sp³-hybridized carbons (Fsp3) is 0.357. The summed E-state index contributed by atoms with van der Waals surface area (Å²) in [5.41, 5.74) is 4.10. The molecule has 42 heavy (non-hydrogen) atoms. The van der Waals surface area contributed by atoms with E-state index in [0.29, 0.717) is 21.9 Å². The number of sulfonamides is 1. The highest BCUT2D eigenvalue weighted by molar-refractivity contribution is 7.89. The number of nitrogens with one attached hydrogen (secondary N) is 2. The van der Waals surface area contributed by atoms with Crippen LogP contribution < -0.4 is 9.46 Å². The number of fused-ring (bicyclic) bond motifs is 2. The maximum Gasteiger partial charge on any atom is 0.296 e. The maximum atomic E-state index is 12.5. The van der Waals surface area contributed by atoms with Crippen molar-refractivity contribution in [3.8, 4) is 28.4 Å². The molecule has 0 bridgehead atoms. The van der Waals surface area contributed by atoms with Crippen molar-refractivity contribution in [3.63, 3.8) is 0 Å². The molecule has 2 aromatic heterocycles. The first-order chi connectivity index (χ1) is 20.3. The number of rotatable bonds is 11. The number of halogens is 1. The molecule has 2 fully saturated rings. The predicted octanol–water partition coefficient (Wildman–Crippen LogP) is 2.14. The second kappa shape index (κ2) is 12.2. The van der Waals surface area contributed by atoms with Crippen LogP contribution in [0.2, 0.25) is 5.02 Å². The Labute approximate surface area is 246 Å². The molecule has 0 radical (unpaired) electrons. The Bertz CT molecular complexity index is 1650. The number of ether oxygens (including phenoxy) is 4. The summed E-state index contributed by atoms with van der Waals surface area (Å²) in [6.07, 6.45) is -1.84. The Kier molecular flexibility index (Phi) is 8.43. The van der Waals surface area contributed by atoms with Crippen LogP contribution in [0.25, 0.3) is 33.5 Å². The van der Waals surface area contributed by atoms with Gasteiger partial charge in [0.15, 0.2) is 11.8 Å². The van der Waals surface area contributed by atoms with Gasteiger partial charge in [-0.2, -0.15) is 4.98 Å². The molecule has 2 saturated heterocycles. The molecule has 0 aliphatic carbocycles. The van der Waals surface area contributed by atoms with Crippen LogP contribution in [0.15, 0.2) is 59.5 Å². The number of aromatic amines is 1. The zero-order valence-corrected chi connectivity index (χ0v) is 23.8. The van der Waals surface area contributed by atoms with Crippen molar-refractivity contribution in [2.45, 2.75) is 29.3 Å². The van der Waals surface area contributed by atoms with Gasteiger partial charge in [-0.25, -0.2) is 18.1 Å². The van der Waals surface area contributed by atoms with E-state index < -0.39 is 28.3 Å². The molecule has 0 spiro atoms. The molecule has 2 aliphatic heterocycles. The molecule has 4 atom stereocenters. The summed E-state index contributed by atoms with van der Waals surface area (Å²) in [4.78, 5) is 12.3. The van der Waals surface area contributed by atoms with E-state index in [1.165, 1.54) is 0 Å². The normalized spacial score (nSPS) is 22.1. The second-order valence-corrected chi connectivity index (χ2v) is 12.1. The molecule has 2 aromatic carbocycles. The number of H-pyrrole nitrogens is 1. The molecule has 4 N–H and O–H groups in total. The Balaban J connectivity index is 1.14. The number of hydrogen-bond donors (Lipinski definition) is 4. The van der Waals surface area contributed by atoms with Gasteiger partial charge in [0.2, 0.25) is 10.0 Å². The van der Waals surface area contributed by atoms with Gasteiger partial charge in [-0.05, 0) is 29.3 Å². The molecule has 222 valence electrons. The van der Waals surface area contributed by atoms with Crippen LogP contribution in [-0.4, -0.2) is 97.6 Å². The van der Waals surface area contributed by atoms with Crippen molar-refractivity contribution in [2.24, 2.45) is 0 Å². The minimum absolute atomic E-state index is 0.108. The molecule has 2 aliphatic rings. The van der Waals surface area contributed by atoms with Gasteiger partial charge < -0.3 is 34.1 Å². The van der Waals surface area contributed by atoms with Gasteiger partial charge in [0.25, 0.3) is 6.01 Å². The van der Waals surface area contributed by atoms with Crippen LogP contribution in [-0.2, 0) is 24.2 Å². The standard InChI is InChI=1S/C28H29ClN4O8S/c29-20-13-21-27(33-28(31-21)41-23-15-40-25-22(35)14-39-26(23)25)32-24(20)18-3-1-16(2-4-18)17-5-7-19(8-6-17)42(36,37)30-9-11-38-12-10-34/h1-8,13,22-23,25-26,30,34-35H,9-12,14-15H2,(H,31,32,33)/t22-,23-,25-,26-/m1/s1. The van der Waals surface area contributed by atoms with E-state index in [9.17, 15) is 13.5 Å². The summed E-state index contributed by atoms with van der Waals surface area (Å²) < 4.78 is 49.8. The zero-order valence-electron chi connectivity index (χ0n) is 22.3. The SMILES string of the molecule is O=S(=O)(NCCOCCO)c1ccc(-c2ccc(-c3nc4nc(O[C@@H]5CO[C@H]6[C@@H]5OC[C@H]6O)[nH]c4cc3Cl)cc2)cc1. The second-order valence-electron chi connectivity index (χ2n) is 9.89. The maximum absolute atomic E-state index is 12.5. The average molecular weight is 617 g/mol. The van der Waals surface area contributed by atoms with Crippen LogP contribution in [0, 0.1) is 0 Å². The number of benzene rings is 2. The van der Waals surface area contributed by atoms with E-state index in [-0.39, 0.29) is 56.6 Å². The number of nitrogens with zero attached hydrogens (tertiary/aromatic N) is 2. The van der Waals surface area contributed by atoms with Gasteiger partial charge in [0, 0.05) is 12.1 Å². The fourth-order valence-corrected chi connectivity index (χ4v) is 6.26. The molecule has 14 heteroatoms. The van der Waals surface area contributed by atoms with E-state index in [4.69, 9.17) is 35.7 Å². The largest absolute Gasteiger partial charge is 0.456 e. The number of pyridine rings is 1. The first-order valence-corrected chi connectivity index (χ1v) is 15.2. The lowest BCUT2D eigenvalue weighted by Gasteiger charge is -2.15. The highest BCUT2D eigenvalue weighted by atomic mass is 35.5. The third-order valence-corrected chi connectivity index (χ3v) is 8.85. The highest BCUT2D eigenvalue weighted by Gasteiger charge is 2.48. The first-order valence-electron chi connectivity index (χ1n) is 13.4. The molecule has 0 saturated carbocycles. The fourth-order valence-electron chi connectivity index (χ4n) is 4.99. The van der Waals surface area contributed by atoms with E-state index in [2.05, 4.69) is 19.7 Å². The molecule has 0 amide bonds. The van der Waals surface area contributed by atoms with Crippen molar-refractivity contribution in [3.05, 3.63) is 59.6 Å². The third kappa shape index (κ3) is 6.00. The Morgan fingerprint density at radius 2 is 1.67 bits per heavy atom. The van der Waals surface area contributed by atoms with Crippen molar-refractivity contribution < 1.29 is 37.6 Å². The van der Waals surface area contributed by atoms with Gasteiger partial charge in [0.05, 0.1) is 54.2 Å². The molecular weight excluding hydrogens is 588 g/mol. The highest BCUT2D eigenvalue weighted by Crippen LogP contribution is 2.33. The Morgan fingerprint density at radius 3 is 2.40 bits per heavy atom. The van der Waals surface area contributed by atoms with Crippen LogP contribution in [0.3, 0.4) is 0 Å². The third-order valence-electron chi connectivity index (χ3n) is 7.08. The van der Waals surface area contributed by atoms with E-state index in [1.54, 1.807) is 30.3 Å². The molecule has 4 aromatic rings. The Morgan fingerprint density at radius 1 is 0.976 bits per heavy atom. The minimum atomic E-state index is -3.68. The van der Waals surface area contributed by atoms with Crippen LogP contribution >= 0.6 is 11.6 Å². The lowest BCUT2D eigenvalue weighted by Crippen LogP contribution is -2.34. The summed E-state index contributed by atoms with van der Waals surface area (Å²) >= 11 is 6.58. The smallest absolute Gasteiger partial charge is 0.296 e. The summed E-state index contributed by atoms with van der Waals surface area (Å²) in [6.45, 7) is 0.816. The summed E-state index contributed by atoms with van der Waals surface area (Å²) in [5.74, 6) is 0. The molecule has 12 nitrogen and oxygen atoms in total. The lowest BCUT2D eigenvalue weighted by atomic mass is 10.0. The van der Waals surface area contributed by atoms with E-state index in [1.807, 2.05) is 24.3 Å². The van der Waals surface area contributed by atoms with Crippen LogP contribution in [0.5, 0.6) is 6.01 Å².